The Morgan fingerprint density at radius 2 is 1.77 bits per heavy atom. The third-order valence-corrected chi connectivity index (χ3v) is 5.29. The minimum absolute atomic E-state index is 0.161. The summed E-state index contributed by atoms with van der Waals surface area (Å²) in [7, 11) is 1.88. The van der Waals surface area contributed by atoms with Crippen LogP contribution < -0.4 is 10.1 Å². The summed E-state index contributed by atoms with van der Waals surface area (Å²) in [6.07, 6.45) is 3.50. The van der Waals surface area contributed by atoms with Crippen molar-refractivity contribution in [3.63, 3.8) is 0 Å². The number of nitrogens with zero attached hydrogens (tertiary/aromatic N) is 4. The van der Waals surface area contributed by atoms with Crippen LogP contribution in [0.1, 0.15) is 34.7 Å². The molecule has 2 heterocycles. The zero-order valence-corrected chi connectivity index (χ0v) is 17.8. The van der Waals surface area contributed by atoms with Crippen LogP contribution in [0.2, 0.25) is 0 Å². The molecule has 1 N–H and O–H groups in total. The van der Waals surface area contributed by atoms with Crippen molar-refractivity contribution in [2.75, 3.05) is 0 Å². The second-order valence-corrected chi connectivity index (χ2v) is 7.41. The van der Waals surface area contributed by atoms with Gasteiger partial charge in [0.05, 0.1) is 12.2 Å². The lowest BCUT2D eigenvalue weighted by Gasteiger charge is -2.12. The van der Waals surface area contributed by atoms with Gasteiger partial charge in [0.25, 0.3) is 5.91 Å². The predicted octanol–water partition coefficient (Wildman–Crippen LogP) is 4.12. The van der Waals surface area contributed by atoms with Gasteiger partial charge in [-0.2, -0.15) is 10.2 Å². The van der Waals surface area contributed by atoms with Gasteiger partial charge in [-0.3, -0.25) is 9.48 Å². The first kappa shape index (κ1) is 20.4. The Hall–Kier alpha value is -3.87. The summed E-state index contributed by atoms with van der Waals surface area (Å²) in [4.78, 5) is 12.6. The Balaban J connectivity index is 1.33. The van der Waals surface area contributed by atoms with Crippen LogP contribution in [-0.4, -0.2) is 25.5 Å². The van der Waals surface area contributed by atoms with Crippen molar-refractivity contribution >= 4 is 5.91 Å². The second-order valence-electron chi connectivity index (χ2n) is 7.41. The molecule has 0 saturated carbocycles. The van der Waals surface area contributed by atoms with Gasteiger partial charge in [-0.25, -0.2) is 4.68 Å². The third kappa shape index (κ3) is 4.66. The van der Waals surface area contributed by atoms with Gasteiger partial charge in [0.1, 0.15) is 11.4 Å². The van der Waals surface area contributed by atoms with E-state index in [1.165, 1.54) is 0 Å². The van der Waals surface area contributed by atoms with E-state index in [4.69, 9.17) is 4.74 Å². The molecule has 0 radical (unpaired) electrons. The molecular formula is C24H25N5O2. The molecule has 0 aliphatic heterocycles. The minimum atomic E-state index is -0.235. The van der Waals surface area contributed by atoms with Crippen molar-refractivity contribution < 1.29 is 9.53 Å². The molecule has 31 heavy (non-hydrogen) atoms. The number of hydrogen-bond acceptors (Lipinski definition) is 4. The molecular weight excluding hydrogens is 390 g/mol. The number of carbonyl (C=O) groups is 1. The van der Waals surface area contributed by atoms with Gasteiger partial charge in [0.2, 0.25) is 0 Å². The summed E-state index contributed by atoms with van der Waals surface area (Å²) in [6.45, 7) is 4.12. The molecule has 7 heteroatoms. The molecule has 0 fully saturated rings. The average Bonchev–Trinajstić information content (AvgIpc) is 3.40. The normalized spacial score (nSPS) is 11.8. The van der Waals surface area contributed by atoms with E-state index in [-0.39, 0.29) is 18.7 Å². The van der Waals surface area contributed by atoms with Crippen LogP contribution in [0.25, 0.3) is 11.1 Å². The first-order valence-electron chi connectivity index (χ1n) is 10.1. The summed E-state index contributed by atoms with van der Waals surface area (Å²) >= 11 is 0. The van der Waals surface area contributed by atoms with Crippen LogP contribution >= 0.6 is 0 Å². The number of hydrogen-bond donors (Lipinski definition) is 1. The molecule has 0 aliphatic carbocycles. The zero-order chi connectivity index (χ0) is 21.8. The first-order chi connectivity index (χ1) is 15.0. The summed E-state index contributed by atoms with van der Waals surface area (Å²) < 4.78 is 9.19. The van der Waals surface area contributed by atoms with E-state index < -0.39 is 0 Å². The zero-order valence-electron chi connectivity index (χ0n) is 17.8. The van der Waals surface area contributed by atoms with Crippen molar-refractivity contribution in [3.05, 3.63) is 90.0 Å². The van der Waals surface area contributed by atoms with E-state index in [0.717, 1.165) is 28.1 Å². The standard InChI is InChI=1S/C24H25N5O2/c1-17(22-15-25-28(3)18(22)2)26-24(30)23-13-14-29(27-23)16-31-21-11-9-20(10-12-21)19-7-5-4-6-8-19/h4-15,17H,16H2,1-3H3,(H,26,30). The molecule has 0 bridgehead atoms. The van der Waals surface area contributed by atoms with E-state index in [1.807, 2.05) is 63.4 Å². The van der Waals surface area contributed by atoms with Crippen LogP contribution in [0, 0.1) is 6.92 Å². The molecule has 1 atom stereocenters. The van der Waals surface area contributed by atoms with E-state index in [0.29, 0.717) is 5.69 Å². The topological polar surface area (TPSA) is 74.0 Å². The molecule has 0 aliphatic rings. The number of ether oxygens (including phenoxy) is 1. The van der Waals surface area contributed by atoms with E-state index >= 15 is 0 Å². The second kappa shape index (κ2) is 8.87. The molecule has 1 unspecified atom stereocenters. The predicted molar refractivity (Wildman–Crippen MR) is 119 cm³/mol. The van der Waals surface area contributed by atoms with Gasteiger partial charge in [-0.15, -0.1) is 0 Å². The monoisotopic (exact) mass is 415 g/mol. The lowest BCUT2D eigenvalue weighted by molar-refractivity contribution is 0.0932. The van der Waals surface area contributed by atoms with Crippen LogP contribution in [0.15, 0.2) is 73.1 Å². The summed E-state index contributed by atoms with van der Waals surface area (Å²) in [6, 6.07) is 19.6. The van der Waals surface area contributed by atoms with Gasteiger partial charge < -0.3 is 10.1 Å². The van der Waals surface area contributed by atoms with Gasteiger partial charge in [-0.1, -0.05) is 42.5 Å². The van der Waals surface area contributed by atoms with Gasteiger partial charge >= 0.3 is 0 Å². The Morgan fingerprint density at radius 3 is 2.45 bits per heavy atom. The molecule has 1 amide bonds. The number of aromatic nitrogens is 4. The Bertz CT molecular complexity index is 1160. The SMILES string of the molecule is Cc1c(C(C)NC(=O)c2ccn(COc3ccc(-c4ccccc4)cc3)n2)cnn1C. The molecule has 158 valence electrons. The fraction of sp³-hybridized carbons (Fsp3) is 0.208. The number of benzene rings is 2. The quantitative estimate of drug-likeness (QED) is 0.493. The van der Waals surface area contributed by atoms with Crippen molar-refractivity contribution in [3.8, 4) is 16.9 Å². The molecule has 7 nitrogen and oxygen atoms in total. The highest BCUT2D eigenvalue weighted by molar-refractivity contribution is 5.92. The third-order valence-electron chi connectivity index (χ3n) is 5.29. The van der Waals surface area contributed by atoms with Gasteiger partial charge in [-0.05, 0) is 43.2 Å². The molecule has 0 spiro atoms. The maximum Gasteiger partial charge on any atom is 0.272 e. The highest BCUT2D eigenvalue weighted by Gasteiger charge is 2.17. The molecule has 2 aromatic heterocycles. The van der Waals surface area contributed by atoms with Crippen molar-refractivity contribution in [1.29, 1.82) is 0 Å². The van der Waals surface area contributed by atoms with E-state index in [2.05, 4.69) is 27.6 Å². The van der Waals surface area contributed by atoms with Crippen LogP contribution in [-0.2, 0) is 13.8 Å². The lowest BCUT2D eigenvalue weighted by atomic mass is 10.1. The van der Waals surface area contributed by atoms with Crippen molar-refractivity contribution in [2.24, 2.45) is 7.05 Å². The van der Waals surface area contributed by atoms with Gasteiger partial charge in [0.15, 0.2) is 6.73 Å². The smallest absolute Gasteiger partial charge is 0.272 e. The van der Waals surface area contributed by atoms with Crippen LogP contribution in [0.3, 0.4) is 0 Å². The van der Waals surface area contributed by atoms with Crippen molar-refractivity contribution in [2.45, 2.75) is 26.6 Å². The highest BCUT2D eigenvalue weighted by Crippen LogP contribution is 2.22. The Morgan fingerprint density at radius 1 is 1.06 bits per heavy atom. The Labute approximate surface area is 181 Å². The fourth-order valence-corrected chi connectivity index (χ4v) is 3.36. The Kier molecular flexibility index (Phi) is 5.84. The van der Waals surface area contributed by atoms with E-state index in [1.54, 1.807) is 27.8 Å². The first-order valence-corrected chi connectivity index (χ1v) is 10.1. The average molecular weight is 415 g/mol. The maximum atomic E-state index is 12.6. The number of amides is 1. The number of nitrogens with one attached hydrogen (secondary N) is 1. The minimum Gasteiger partial charge on any atom is -0.471 e. The number of rotatable bonds is 7. The fourth-order valence-electron chi connectivity index (χ4n) is 3.36. The number of carbonyl (C=O) groups excluding carboxylic acids is 1. The molecule has 4 rings (SSSR count). The van der Waals surface area contributed by atoms with Crippen LogP contribution in [0.4, 0.5) is 0 Å². The van der Waals surface area contributed by atoms with Crippen molar-refractivity contribution in [1.82, 2.24) is 24.9 Å². The summed E-state index contributed by atoms with van der Waals surface area (Å²) in [5.74, 6) is 0.503. The molecule has 0 saturated heterocycles. The molecule has 4 aromatic rings. The summed E-state index contributed by atoms with van der Waals surface area (Å²) in [5.41, 5.74) is 4.63. The largest absolute Gasteiger partial charge is 0.471 e. The highest BCUT2D eigenvalue weighted by atomic mass is 16.5. The van der Waals surface area contributed by atoms with Gasteiger partial charge in [0, 0.05) is 24.5 Å². The summed E-state index contributed by atoms with van der Waals surface area (Å²) in [5, 5.41) is 11.5. The lowest BCUT2D eigenvalue weighted by Crippen LogP contribution is -2.27. The maximum absolute atomic E-state index is 12.6. The number of aryl methyl sites for hydroxylation is 1. The van der Waals surface area contributed by atoms with E-state index in [9.17, 15) is 4.79 Å². The molecule has 2 aromatic carbocycles. The van der Waals surface area contributed by atoms with Crippen LogP contribution in [0.5, 0.6) is 5.75 Å².